The Balaban J connectivity index is 1.82. The van der Waals surface area contributed by atoms with Crippen LogP contribution in [-0.4, -0.2) is 46.1 Å². The third-order valence-electron chi connectivity index (χ3n) is 6.66. The van der Waals surface area contributed by atoms with Gasteiger partial charge in [0.15, 0.2) is 0 Å². The summed E-state index contributed by atoms with van der Waals surface area (Å²) < 4.78 is 48.8. The molecule has 1 aromatic rings. The van der Waals surface area contributed by atoms with Crippen LogP contribution in [0.25, 0.3) is 0 Å². The van der Waals surface area contributed by atoms with Crippen molar-refractivity contribution in [3.63, 3.8) is 0 Å². The molecule has 0 bridgehead atoms. The van der Waals surface area contributed by atoms with Crippen molar-refractivity contribution in [1.82, 2.24) is 0 Å². The number of hydrogen-bond acceptors (Lipinski definition) is 5. The lowest BCUT2D eigenvalue weighted by molar-refractivity contribution is -0.275. The number of aliphatic hydroxyl groups is 3. The maximum Gasteiger partial charge on any atom is 0.573 e. The first-order chi connectivity index (χ1) is 14.6. The van der Waals surface area contributed by atoms with E-state index in [0.29, 0.717) is 23.5 Å². The Morgan fingerprint density at radius 3 is 2.26 bits per heavy atom. The lowest BCUT2D eigenvalue weighted by Gasteiger charge is -2.39. The van der Waals surface area contributed by atoms with Gasteiger partial charge in [-0.15, -0.1) is 13.2 Å². The van der Waals surface area contributed by atoms with Gasteiger partial charge in [0.1, 0.15) is 30.2 Å². The molecule has 0 radical (unpaired) electrons. The molecule has 1 saturated heterocycles. The maximum absolute atomic E-state index is 13.0. The second kappa shape index (κ2) is 10.1. The summed E-state index contributed by atoms with van der Waals surface area (Å²) in [6.07, 6.45) is -3.65. The Labute approximate surface area is 181 Å². The fourth-order valence-corrected chi connectivity index (χ4v) is 4.93. The Hall–Kier alpha value is -1.35. The molecular weight excluding hydrogens is 413 g/mol. The lowest BCUT2D eigenvalue weighted by Crippen LogP contribution is -2.53. The van der Waals surface area contributed by atoms with Gasteiger partial charge < -0.3 is 24.8 Å². The molecule has 2 aliphatic rings. The van der Waals surface area contributed by atoms with Crippen LogP contribution in [0.3, 0.4) is 0 Å². The van der Waals surface area contributed by atoms with Gasteiger partial charge in [-0.25, -0.2) is 0 Å². The molecule has 0 aromatic heterocycles. The van der Waals surface area contributed by atoms with Crippen molar-refractivity contribution < 1.29 is 38.0 Å². The molecule has 1 saturated carbocycles. The number of benzene rings is 1. The zero-order valence-corrected chi connectivity index (χ0v) is 18.0. The molecular formula is C23H33F3O5. The molecule has 1 aromatic carbocycles. The molecule has 176 valence electrons. The molecule has 3 N–H and O–H groups in total. The minimum absolute atomic E-state index is 0.245. The number of hydrogen-bond donors (Lipinski definition) is 3. The largest absolute Gasteiger partial charge is 0.573 e. The van der Waals surface area contributed by atoms with E-state index in [4.69, 9.17) is 4.74 Å². The van der Waals surface area contributed by atoms with Crippen LogP contribution in [-0.2, 0) is 11.2 Å². The van der Waals surface area contributed by atoms with Crippen LogP contribution in [0.15, 0.2) is 18.2 Å². The highest BCUT2D eigenvalue weighted by molar-refractivity contribution is 5.39. The molecule has 0 amide bonds. The van der Waals surface area contributed by atoms with Gasteiger partial charge in [0.2, 0.25) is 0 Å². The maximum atomic E-state index is 13.0. The van der Waals surface area contributed by atoms with Gasteiger partial charge in [-0.1, -0.05) is 38.7 Å². The first kappa shape index (κ1) is 24.3. The molecule has 31 heavy (non-hydrogen) atoms. The highest BCUT2D eigenvalue weighted by Gasteiger charge is 2.42. The molecule has 3 rings (SSSR count). The second-order valence-corrected chi connectivity index (χ2v) is 9.03. The molecule has 1 heterocycles. The van der Waals surface area contributed by atoms with Crippen molar-refractivity contribution in [1.29, 1.82) is 0 Å². The Morgan fingerprint density at radius 1 is 1.00 bits per heavy atom. The van der Waals surface area contributed by atoms with Crippen LogP contribution in [0, 0.1) is 11.8 Å². The van der Waals surface area contributed by atoms with E-state index in [1.165, 1.54) is 18.6 Å². The normalized spacial score (nSPS) is 34.5. The van der Waals surface area contributed by atoms with Gasteiger partial charge in [-0.05, 0) is 61.3 Å². The molecule has 5 nitrogen and oxygen atoms in total. The van der Waals surface area contributed by atoms with Crippen molar-refractivity contribution in [2.45, 2.75) is 95.7 Å². The number of halogens is 3. The smallest absolute Gasteiger partial charge is 0.406 e. The standard InChI is InChI=1S/C23H33F3O5/c1-3-4-14-5-7-15(8-6-14)11-17-12-16(9-10-18(17)31-23(24,25)26)22-21(29)20(28)19(27)13(2)30-22/h9-10,12-15,19-22,27-29H,3-8,11H2,1-2H3/t13-,14?,15?,19-,20+,21-,22+/m1/s1. The predicted octanol–water partition coefficient (Wildman–Crippen LogP) is 4.28. The summed E-state index contributed by atoms with van der Waals surface area (Å²) in [5.74, 6) is 0.715. The van der Waals surface area contributed by atoms with Crippen LogP contribution in [0.5, 0.6) is 5.75 Å². The summed E-state index contributed by atoms with van der Waals surface area (Å²) in [5.41, 5.74) is 0.868. The second-order valence-electron chi connectivity index (χ2n) is 9.03. The van der Waals surface area contributed by atoms with Gasteiger partial charge in [-0.3, -0.25) is 0 Å². The van der Waals surface area contributed by atoms with Gasteiger partial charge >= 0.3 is 6.36 Å². The molecule has 8 heteroatoms. The highest BCUT2D eigenvalue weighted by Crippen LogP contribution is 2.39. The summed E-state index contributed by atoms with van der Waals surface area (Å²) in [6.45, 7) is 3.74. The fourth-order valence-electron chi connectivity index (χ4n) is 4.93. The van der Waals surface area contributed by atoms with Crippen LogP contribution in [0.2, 0.25) is 0 Å². The van der Waals surface area contributed by atoms with E-state index < -0.39 is 36.9 Å². The Bertz CT molecular complexity index is 718. The summed E-state index contributed by atoms with van der Waals surface area (Å²) in [7, 11) is 0. The van der Waals surface area contributed by atoms with E-state index in [0.717, 1.165) is 32.1 Å². The van der Waals surface area contributed by atoms with Crippen LogP contribution >= 0.6 is 0 Å². The van der Waals surface area contributed by atoms with Crippen molar-refractivity contribution in [2.75, 3.05) is 0 Å². The number of alkyl halides is 3. The molecule has 5 atom stereocenters. The minimum atomic E-state index is -4.80. The van der Waals surface area contributed by atoms with Crippen molar-refractivity contribution in [2.24, 2.45) is 11.8 Å². The van der Waals surface area contributed by atoms with Gasteiger partial charge in [0.05, 0.1) is 6.10 Å². The monoisotopic (exact) mass is 446 g/mol. The van der Waals surface area contributed by atoms with Gasteiger partial charge in [0, 0.05) is 0 Å². The Morgan fingerprint density at radius 2 is 1.65 bits per heavy atom. The average Bonchev–Trinajstić information content (AvgIpc) is 2.71. The van der Waals surface area contributed by atoms with Crippen molar-refractivity contribution >= 4 is 0 Å². The summed E-state index contributed by atoms with van der Waals surface area (Å²) >= 11 is 0. The molecule has 1 aliphatic heterocycles. The van der Waals surface area contributed by atoms with Crippen molar-refractivity contribution in [3.05, 3.63) is 29.3 Å². The summed E-state index contributed by atoms with van der Waals surface area (Å²) in [6, 6.07) is 4.23. The molecule has 2 fully saturated rings. The summed E-state index contributed by atoms with van der Waals surface area (Å²) in [5, 5.41) is 30.4. The number of ether oxygens (including phenoxy) is 2. The van der Waals surface area contributed by atoms with Crippen LogP contribution < -0.4 is 4.74 Å². The Kier molecular flexibility index (Phi) is 7.89. The zero-order valence-electron chi connectivity index (χ0n) is 18.0. The minimum Gasteiger partial charge on any atom is -0.406 e. The van der Waals surface area contributed by atoms with Crippen LogP contribution in [0.1, 0.15) is 69.6 Å². The summed E-state index contributed by atoms with van der Waals surface area (Å²) in [4.78, 5) is 0. The van der Waals surface area contributed by atoms with Gasteiger partial charge in [-0.2, -0.15) is 0 Å². The predicted molar refractivity (Wildman–Crippen MR) is 108 cm³/mol. The first-order valence-corrected chi connectivity index (χ1v) is 11.2. The molecule has 0 spiro atoms. The molecule has 1 aliphatic carbocycles. The first-order valence-electron chi connectivity index (χ1n) is 11.2. The quantitative estimate of drug-likeness (QED) is 0.608. The van der Waals surface area contributed by atoms with E-state index in [2.05, 4.69) is 11.7 Å². The van der Waals surface area contributed by atoms with Crippen LogP contribution in [0.4, 0.5) is 13.2 Å². The third-order valence-corrected chi connectivity index (χ3v) is 6.66. The fraction of sp³-hybridized carbons (Fsp3) is 0.739. The highest BCUT2D eigenvalue weighted by atomic mass is 19.4. The molecule has 0 unspecified atom stereocenters. The topological polar surface area (TPSA) is 79.2 Å². The van der Waals surface area contributed by atoms with Crippen molar-refractivity contribution in [3.8, 4) is 5.75 Å². The third kappa shape index (κ3) is 6.12. The van der Waals surface area contributed by atoms with E-state index in [9.17, 15) is 28.5 Å². The van der Waals surface area contributed by atoms with Gasteiger partial charge in [0.25, 0.3) is 0 Å². The average molecular weight is 447 g/mol. The van der Waals surface area contributed by atoms with E-state index in [-0.39, 0.29) is 11.7 Å². The SMILES string of the molecule is CCCC1CCC(Cc2cc([C@@H]3O[C@H](C)[C@@H](O)[C@H](O)[C@H]3O)ccc2OC(F)(F)F)CC1. The number of rotatable bonds is 6. The lowest BCUT2D eigenvalue weighted by atomic mass is 9.77. The zero-order chi connectivity index (χ0) is 22.8. The van der Waals surface area contributed by atoms with E-state index in [1.54, 1.807) is 13.0 Å². The van der Waals surface area contributed by atoms with E-state index in [1.807, 2.05) is 0 Å². The number of aliphatic hydroxyl groups excluding tert-OH is 3. The van der Waals surface area contributed by atoms with E-state index >= 15 is 0 Å².